The molecule has 0 aromatic heterocycles. The van der Waals surface area contributed by atoms with E-state index in [1.54, 1.807) is 0 Å². The van der Waals surface area contributed by atoms with Crippen LogP contribution in [-0.4, -0.2) is 19.0 Å². The zero-order valence-electron chi connectivity index (χ0n) is 9.51. The molecule has 80 valence electrons. The summed E-state index contributed by atoms with van der Waals surface area (Å²) in [6.07, 6.45) is 0. The lowest BCUT2D eigenvalue weighted by Crippen LogP contribution is -2.36. The van der Waals surface area contributed by atoms with Crippen molar-refractivity contribution in [3.63, 3.8) is 0 Å². The Morgan fingerprint density at radius 3 is 2.15 bits per heavy atom. The van der Waals surface area contributed by atoms with Crippen LogP contribution in [0.2, 0.25) is 18.1 Å². The van der Waals surface area contributed by atoms with Gasteiger partial charge in [0.05, 0.1) is 10.8 Å². The highest BCUT2D eigenvalue weighted by Crippen LogP contribution is 2.36. The summed E-state index contributed by atoms with van der Waals surface area (Å²) in [6.45, 7) is 13.4. The molecule has 0 aliphatic rings. The van der Waals surface area contributed by atoms with Gasteiger partial charge >= 0.3 is 0 Å². The topological polar surface area (TPSA) is 41.5 Å². The number of hydrogen-bond donors (Lipinski definition) is 2. The lowest BCUT2D eigenvalue weighted by atomic mass is 10.2. The molecule has 5 heteroatoms. The van der Waals surface area contributed by atoms with Crippen LogP contribution in [0.4, 0.5) is 0 Å². The molecule has 0 saturated heterocycles. The lowest BCUT2D eigenvalue weighted by Gasteiger charge is -2.31. The molecule has 1 atom stereocenters. The first kappa shape index (κ1) is 13.1. The number of rotatable bonds is 3. The first-order valence-corrected chi connectivity index (χ1v) is 8.80. The second-order valence-corrected chi connectivity index (χ2v) is 11.0. The van der Waals surface area contributed by atoms with Crippen molar-refractivity contribution in [1.29, 1.82) is 0 Å². The Morgan fingerprint density at radius 2 is 1.85 bits per heavy atom. The van der Waals surface area contributed by atoms with E-state index >= 15 is 0 Å². The summed E-state index contributed by atoms with van der Waals surface area (Å²) in [5.74, 6) is 0. The Balaban J connectivity index is 4.68. The number of nitrogens with one attached hydrogen (secondary N) is 1. The van der Waals surface area contributed by atoms with E-state index in [4.69, 9.17) is 0 Å². The highest BCUT2D eigenvalue weighted by atomic mass is 32.2. The van der Waals surface area contributed by atoms with Gasteiger partial charge in [-0.25, -0.2) is 8.93 Å². The molecule has 0 saturated carbocycles. The van der Waals surface area contributed by atoms with Gasteiger partial charge in [0.15, 0.2) is 8.24 Å². The Kier molecular flexibility index (Phi) is 4.61. The second-order valence-electron chi connectivity index (χ2n) is 4.69. The van der Waals surface area contributed by atoms with E-state index in [0.29, 0.717) is 6.54 Å². The van der Waals surface area contributed by atoms with Crippen molar-refractivity contribution in [3.05, 3.63) is 0 Å². The Morgan fingerprint density at radius 1 is 1.38 bits per heavy atom. The molecule has 0 heterocycles. The Bertz CT molecular complexity index is 239. The number of hydrogen-bond acceptors (Lipinski definition) is 2. The van der Waals surface area contributed by atoms with Gasteiger partial charge in [-0.15, -0.1) is 0 Å². The van der Waals surface area contributed by atoms with E-state index < -0.39 is 19.0 Å². The largest absolute Gasteiger partial charge is 0.267 e. The van der Waals surface area contributed by atoms with Crippen molar-refractivity contribution in [2.45, 2.75) is 45.8 Å². The fraction of sp³-hybridized carbons (Fsp3) is 1.00. The van der Waals surface area contributed by atoms with Crippen LogP contribution >= 0.6 is 0 Å². The maximum absolute atomic E-state index is 11.4. The van der Waals surface area contributed by atoms with Gasteiger partial charge in [0.25, 0.3) is 0 Å². The summed E-state index contributed by atoms with van der Waals surface area (Å²) in [5.41, 5.74) is 0. The van der Waals surface area contributed by atoms with Crippen molar-refractivity contribution in [1.82, 2.24) is 4.72 Å². The van der Waals surface area contributed by atoms with E-state index in [0.717, 1.165) is 0 Å². The van der Waals surface area contributed by atoms with Crippen molar-refractivity contribution in [3.8, 4) is 0 Å². The van der Waals surface area contributed by atoms with Crippen LogP contribution in [0, 0.1) is 0 Å². The third kappa shape index (κ3) is 4.24. The van der Waals surface area contributed by atoms with Gasteiger partial charge in [-0.3, -0.25) is 4.03 Å². The van der Waals surface area contributed by atoms with Crippen LogP contribution in [0.25, 0.3) is 0 Å². The lowest BCUT2D eigenvalue weighted by molar-refractivity contribution is 0.678. The van der Waals surface area contributed by atoms with Gasteiger partial charge in [0, 0.05) is 6.54 Å². The van der Waals surface area contributed by atoms with E-state index in [-0.39, 0.29) is 5.04 Å². The summed E-state index contributed by atoms with van der Waals surface area (Å²) in [4.78, 5) is 0. The normalized spacial score (nSPS) is 16.2. The molecule has 0 radical (unpaired) electrons. The van der Waals surface area contributed by atoms with Crippen molar-refractivity contribution in [2.24, 2.45) is 4.03 Å². The third-order valence-corrected chi connectivity index (χ3v) is 9.45. The van der Waals surface area contributed by atoms with Crippen molar-refractivity contribution in [2.75, 3.05) is 6.54 Å². The maximum Gasteiger partial charge on any atom is 0.194 e. The van der Waals surface area contributed by atoms with Crippen LogP contribution in [0.5, 0.6) is 0 Å². The summed E-state index contributed by atoms with van der Waals surface area (Å²) in [6, 6.07) is 0. The monoisotopic (exact) mass is 222 g/mol. The molecule has 0 spiro atoms. The average molecular weight is 222 g/mol. The van der Waals surface area contributed by atoms with Gasteiger partial charge in [0.2, 0.25) is 0 Å². The summed E-state index contributed by atoms with van der Waals surface area (Å²) in [5, 5.41) is 0.174. The summed E-state index contributed by atoms with van der Waals surface area (Å²) >= 11 is 0. The highest BCUT2D eigenvalue weighted by molar-refractivity contribution is 7.73. The zero-order valence-corrected chi connectivity index (χ0v) is 11.4. The molecule has 13 heavy (non-hydrogen) atoms. The molecule has 3 nitrogen and oxygen atoms in total. The molecular weight excluding hydrogens is 200 g/mol. The summed E-state index contributed by atoms with van der Waals surface area (Å²) < 4.78 is 18.7. The predicted octanol–water partition coefficient (Wildman–Crippen LogP) is 2.18. The second kappa shape index (κ2) is 4.57. The molecule has 0 aliphatic carbocycles. The Hall–Kier alpha value is 0.127. The van der Waals surface area contributed by atoms with Crippen LogP contribution in [-0.2, 0) is 10.8 Å². The Labute approximate surface area is 84.8 Å². The van der Waals surface area contributed by atoms with E-state index in [9.17, 15) is 4.21 Å². The number of thiol groups is 1. The third-order valence-electron chi connectivity index (χ3n) is 2.47. The van der Waals surface area contributed by atoms with Gasteiger partial charge in [0.1, 0.15) is 0 Å². The van der Waals surface area contributed by atoms with E-state index in [2.05, 4.69) is 42.6 Å². The molecule has 1 unspecified atom stereocenters. The smallest absolute Gasteiger partial charge is 0.194 e. The van der Waals surface area contributed by atoms with Crippen LogP contribution in [0.15, 0.2) is 4.03 Å². The van der Waals surface area contributed by atoms with Gasteiger partial charge in [-0.2, -0.15) is 0 Å². The minimum absolute atomic E-state index is 0.174. The molecule has 0 aliphatic heterocycles. The average Bonchev–Trinajstić information content (AvgIpc) is 1.83. The molecule has 0 rings (SSSR count). The van der Waals surface area contributed by atoms with Crippen molar-refractivity contribution < 1.29 is 4.21 Å². The first-order valence-electron chi connectivity index (χ1n) is 4.64. The van der Waals surface area contributed by atoms with E-state index in [1.807, 2.05) is 6.92 Å². The van der Waals surface area contributed by atoms with E-state index in [1.165, 1.54) is 0 Å². The quantitative estimate of drug-likeness (QED) is 0.558. The first-order chi connectivity index (χ1) is 5.70. The van der Waals surface area contributed by atoms with Gasteiger partial charge < -0.3 is 0 Å². The predicted molar refractivity (Wildman–Crippen MR) is 62.8 cm³/mol. The molecule has 0 aromatic carbocycles. The maximum atomic E-state index is 11.4. The molecular formula is C8H22N2OSSi. The standard InChI is InChI=1S/C8H22N2OSSi/c1-7-9-12(11)10-13(5,6)8(2,3)4/h12H,7H2,1-6H3,(H,9,10,11). The van der Waals surface area contributed by atoms with Crippen LogP contribution in [0.3, 0.4) is 0 Å². The minimum Gasteiger partial charge on any atom is -0.267 e. The minimum atomic E-state index is -1.73. The van der Waals surface area contributed by atoms with Gasteiger partial charge in [-0.05, 0) is 18.1 Å². The molecule has 0 aromatic rings. The molecule has 0 fully saturated rings. The van der Waals surface area contributed by atoms with Crippen LogP contribution < -0.4 is 4.72 Å². The highest BCUT2D eigenvalue weighted by Gasteiger charge is 2.35. The fourth-order valence-corrected chi connectivity index (χ4v) is 4.12. The molecule has 0 bridgehead atoms. The summed E-state index contributed by atoms with van der Waals surface area (Å²) in [7, 11) is -3.27. The van der Waals surface area contributed by atoms with Crippen molar-refractivity contribution >= 4 is 19.0 Å². The number of nitrogens with zero attached hydrogens (tertiary/aromatic N) is 1. The van der Waals surface area contributed by atoms with Gasteiger partial charge in [-0.1, -0.05) is 27.7 Å². The molecule has 0 amide bonds. The molecule has 1 N–H and O–H groups in total. The SMILES string of the molecule is CCN/[SH](=O)=N/[Si](C)(C)C(C)(C)C. The van der Waals surface area contributed by atoms with Crippen LogP contribution in [0.1, 0.15) is 27.7 Å². The zero-order chi connectivity index (χ0) is 10.7. The fourth-order valence-electron chi connectivity index (χ4n) is 0.548.